The van der Waals surface area contributed by atoms with Crippen molar-refractivity contribution >= 4 is 11.6 Å². The Morgan fingerprint density at radius 3 is 2.55 bits per heavy atom. The van der Waals surface area contributed by atoms with Crippen LogP contribution in [-0.2, 0) is 0 Å². The predicted molar refractivity (Wildman–Crippen MR) is 82.4 cm³/mol. The van der Waals surface area contributed by atoms with Gasteiger partial charge in [0.25, 0.3) is 0 Å². The van der Waals surface area contributed by atoms with Gasteiger partial charge >= 0.3 is 0 Å². The Balaban J connectivity index is 2.22. The van der Waals surface area contributed by atoms with Crippen LogP contribution in [0.25, 0.3) is 0 Å². The lowest BCUT2D eigenvalue weighted by molar-refractivity contribution is 0.0350. The van der Waals surface area contributed by atoms with E-state index in [4.69, 9.17) is 0 Å². The minimum absolute atomic E-state index is 0.306. The molecular weight excluding hydrogens is 252 g/mol. The lowest BCUT2D eigenvalue weighted by Crippen LogP contribution is -2.42. The predicted octanol–water partition coefficient (Wildman–Crippen LogP) is 2.38. The minimum atomic E-state index is -0.533. The highest BCUT2D eigenvalue weighted by atomic mass is 16.3. The second-order valence-corrected chi connectivity index (χ2v) is 6.14. The highest BCUT2D eigenvalue weighted by Gasteiger charge is 2.28. The Bertz CT molecular complexity index is 449. The molecule has 1 fully saturated rings. The number of aliphatic hydroxyl groups is 1. The molecule has 5 heteroatoms. The van der Waals surface area contributed by atoms with Gasteiger partial charge in [0.2, 0.25) is 0 Å². The maximum Gasteiger partial charge on any atom is 0.135 e. The molecule has 5 nitrogen and oxygen atoms in total. The molecule has 0 amide bonds. The number of aromatic nitrogens is 2. The number of nitrogens with one attached hydrogen (secondary N) is 1. The monoisotopic (exact) mass is 278 g/mol. The average Bonchev–Trinajstić information content (AvgIpc) is 2.38. The standard InChI is InChI=1S/C15H26N4O/c1-5-16-12-10-13(18-14(17-12)11(2)3)19-8-6-15(4,20)7-9-19/h10-11,20H,5-9H2,1-4H3,(H,16,17,18). The van der Waals surface area contributed by atoms with Crippen LogP contribution < -0.4 is 10.2 Å². The average molecular weight is 278 g/mol. The number of anilines is 2. The van der Waals surface area contributed by atoms with E-state index in [1.54, 1.807) is 0 Å². The van der Waals surface area contributed by atoms with Gasteiger partial charge in [-0.15, -0.1) is 0 Å². The number of piperidine rings is 1. The van der Waals surface area contributed by atoms with Crippen LogP contribution >= 0.6 is 0 Å². The molecule has 2 heterocycles. The second kappa shape index (κ2) is 5.95. The van der Waals surface area contributed by atoms with Crippen molar-refractivity contribution in [3.8, 4) is 0 Å². The molecule has 0 unspecified atom stereocenters. The Labute approximate surface area is 121 Å². The molecule has 20 heavy (non-hydrogen) atoms. The molecule has 1 saturated heterocycles. The molecule has 0 aliphatic carbocycles. The van der Waals surface area contributed by atoms with Gasteiger partial charge in [-0.25, -0.2) is 9.97 Å². The van der Waals surface area contributed by atoms with Crippen molar-refractivity contribution in [2.45, 2.75) is 52.1 Å². The molecule has 1 aliphatic rings. The normalized spacial score (nSPS) is 18.4. The third-order valence-corrected chi connectivity index (χ3v) is 3.77. The summed E-state index contributed by atoms with van der Waals surface area (Å²) < 4.78 is 0. The summed E-state index contributed by atoms with van der Waals surface area (Å²) in [4.78, 5) is 11.5. The Morgan fingerprint density at radius 1 is 1.35 bits per heavy atom. The number of nitrogens with zero attached hydrogens (tertiary/aromatic N) is 3. The summed E-state index contributed by atoms with van der Waals surface area (Å²) in [6, 6.07) is 2.01. The molecule has 0 atom stereocenters. The summed E-state index contributed by atoms with van der Waals surface area (Å²) in [5.41, 5.74) is -0.533. The molecule has 1 aromatic heterocycles. The SMILES string of the molecule is CCNc1cc(N2CCC(C)(O)CC2)nc(C(C)C)n1. The first kappa shape index (κ1) is 15.0. The fraction of sp³-hybridized carbons (Fsp3) is 0.733. The van der Waals surface area contributed by atoms with Crippen molar-refractivity contribution in [3.63, 3.8) is 0 Å². The van der Waals surface area contributed by atoms with E-state index < -0.39 is 5.60 Å². The Kier molecular flexibility index (Phi) is 4.48. The van der Waals surface area contributed by atoms with Crippen LogP contribution in [0.5, 0.6) is 0 Å². The van der Waals surface area contributed by atoms with E-state index in [0.29, 0.717) is 5.92 Å². The third kappa shape index (κ3) is 3.60. The fourth-order valence-electron chi connectivity index (χ4n) is 2.36. The quantitative estimate of drug-likeness (QED) is 0.885. The van der Waals surface area contributed by atoms with Crippen LogP contribution in [0.4, 0.5) is 11.6 Å². The highest BCUT2D eigenvalue weighted by molar-refractivity contribution is 5.50. The number of hydrogen-bond donors (Lipinski definition) is 2. The van der Waals surface area contributed by atoms with E-state index in [2.05, 4.69) is 41.0 Å². The Hall–Kier alpha value is -1.36. The van der Waals surface area contributed by atoms with Crippen LogP contribution in [0.15, 0.2) is 6.07 Å². The number of rotatable bonds is 4. The van der Waals surface area contributed by atoms with Gasteiger partial charge in [0.15, 0.2) is 0 Å². The molecule has 1 aromatic rings. The fourth-order valence-corrected chi connectivity index (χ4v) is 2.36. The van der Waals surface area contributed by atoms with Crippen LogP contribution in [0, 0.1) is 0 Å². The summed E-state index contributed by atoms with van der Waals surface area (Å²) in [5.74, 6) is 3.03. The van der Waals surface area contributed by atoms with Gasteiger partial charge in [0, 0.05) is 31.6 Å². The van der Waals surface area contributed by atoms with Gasteiger partial charge in [0.1, 0.15) is 17.5 Å². The summed E-state index contributed by atoms with van der Waals surface area (Å²) in [5, 5.41) is 13.3. The maximum atomic E-state index is 10.0. The lowest BCUT2D eigenvalue weighted by Gasteiger charge is -2.36. The first-order valence-electron chi connectivity index (χ1n) is 7.51. The third-order valence-electron chi connectivity index (χ3n) is 3.77. The second-order valence-electron chi connectivity index (χ2n) is 6.14. The first-order valence-corrected chi connectivity index (χ1v) is 7.51. The van der Waals surface area contributed by atoms with Crippen molar-refractivity contribution in [2.75, 3.05) is 29.9 Å². The maximum absolute atomic E-state index is 10.0. The van der Waals surface area contributed by atoms with Crippen molar-refractivity contribution in [1.29, 1.82) is 0 Å². The van der Waals surface area contributed by atoms with Gasteiger partial charge in [-0.2, -0.15) is 0 Å². The molecular formula is C15H26N4O. The molecule has 0 bridgehead atoms. The van der Waals surface area contributed by atoms with Crippen molar-refractivity contribution in [3.05, 3.63) is 11.9 Å². The number of hydrogen-bond acceptors (Lipinski definition) is 5. The van der Waals surface area contributed by atoms with Gasteiger partial charge in [-0.3, -0.25) is 0 Å². The lowest BCUT2D eigenvalue weighted by atomic mass is 9.94. The summed E-state index contributed by atoms with van der Waals surface area (Å²) >= 11 is 0. The molecule has 2 N–H and O–H groups in total. The summed E-state index contributed by atoms with van der Waals surface area (Å²) in [6.07, 6.45) is 1.56. The van der Waals surface area contributed by atoms with Gasteiger partial charge in [0.05, 0.1) is 5.60 Å². The van der Waals surface area contributed by atoms with Gasteiger partial charge < -0.3 is 15.3 Å². The highest BCUT2D eigenvalue weighted by Crippen LogP contribution is 2.26. The zero-order chi connectivity index (χ0) is 14.8. The molecule has 112 valence electrons. The molecule has 0 spiro atoms. The van der Waals surface area contributed by atoms with Gasteiger partial charge in [-0.05, 0) is 26.7 Å². The van der Waals surface area contributed by atoms with Crippen LogP contribution in [0.3, 0.4) is 0 Å². The van der Waals surface area contributed by atoms with Crippen LogP contribution in [0.2, 0.25) is 0 Å². The zero-order valence-electron chi connectivity index (χ0n) is 13.0. The first-order chi connectivity index (χ1) is 9.41. The molecule has 0 radical (unpaired) electrons. The van der Waals surface area contributed by atoms with E-state index in [0.717, 1.165) is 49.9 Å². The van der Waals surface area contributed by atoms with Gasteiger partial charge in [-0.1, -0.05) is 13.8 Å². The van der Waals surface area contributed by atoms with Crippen LogP contribution in [-0.4, -0.2) is 40.3 Å². The molecule has 0 aromatic carbocycles. The molecule has 0 saturated carbocycles. The van der Waals surface area contributed by atoms with E-state index in [9.17, 15) is 5.11 Å². The summed E-state index contributed by atoms with van der Waals surface area (Å²) in [6.45, 7) is 10.7. The molecule has 1 aliphatic heterocycles. The Morgan fingerprint density at radius 2 is 2.00 bits per heavy atom. The van der Waals surface area contributed by atoms with E-state index in [1.165, 1.54) is 0 Å². The van der Waals surface area contributed by atoms with E-state index in [-0.39, 0.29) is 0 Å². The largest absolute Gasteiger partial charge is 0.390 e. The zero-order valence-corrected chi connectivity index (χ0v) is 13.0. The van der Waals surface area contributed by atoms with E-state index in [1.807, 2.05) is 13.0 Å². The molecule has 2 rings (SSSR count). The topological polar surface area (TPSA) is 61.3 Å². The summed E-state index contributed by atoms with van der Waals surface area (Å²) in [7, 11) is 0. The van der Waals surface area contributed by atoms with E-state index >= 15 is 0 Å². The van der Waals surface area contributed by atoms with Crippen molar-refractivity contribution < 1.29 is 5.11 Å². The van der Waals surface area contributed by atoms with Crippen molar-refractivity contribution in [1.82, 2.24) is 9.97 Å². The minimum Gasteiger partial charge on any atom is -0.390 e. The van der Waals surface area contributed by atoms with Crippen molar-refractivity contribution in [2.24, 2.45) is 0 Å². The smallest absolute Gasteiger partial charge is 0.135 e. The van der Waals surface area contributed by atoms with Crippen LogP contribution in [0.1, 0.15) is 52.3 Å².